The first-order valence-electron chi connectivity index (χ1n) is 9.47. The van der Waals surface area contributed by atoms with Gasteiger partial charge in [0.1, 0.15) is 0 Å². The van der Waals surface area contributed by atoms with E-state index in [4.69, 9.17) is 11.6 Å². The Bertz CT molecular complexity index is 978. The molecule has 130 valence electrons. The van der Waals surface area contributed by atoms with Gasteiger partial charge in [0, 0.05) is 10.4 Å². The van der Waals surface area contributed by atoms with Gasteiger partial charge in [0.2, 0.25) is 0 Å². The quantitative estimate of drug-likeness (QED) is 0.609. The Morgan fingerprint density at radius 1 is 0.885 bits per heavy atom. The van der Waals surface area contributed by atoms with Crippen LogP contribution in [0, 0.1) is 5.92 Å². The average Bonchev–Trinajstić information content (AvgIpc) is 2.70. The first-order chi connectivity index (χ1) is 12.8. The monoisotopic (exact) mass is 359 g/mol. The highest BCUT2D eigenvalue weighted by Crippen LogP contribution is 2.50. The average molecular weight is 360 g/mol. The van der Waals surface area contributed by atoms with Crippen molar-refractivity contribution >= 4 is 28.4 Å². The van der Waals surface area contributed by atoms with Crippen molar-refractivity contribution in [1.29, 1.82) is 0 Å². The summed E-state index contributed by atoms with van der Waals surface area (Å²) >= 11 is 6.22. The van der Waals surface area contributed by atoms with E-state index in [9.17, 15) is 0 Å². The van der Waals surface area contributed by atoms with E-state index in [2.05, 4.69) is 66.0 Å². The van der Waals surface area contributed by atoms with Crippen LogP contribution in [0.4, 0.5) is 0 Å². The van der Waals surface area contributed by atoms with E-state index in [0.717, 1.165) is 18.1 Å². The first kappa shape index (κ1) is 16.1. The van der Waals surface area contributed by atoms with Gasteiger partial charge in [-0.3, -0.25) is 0 Å². The SMILES string of the molecule is Clc1ccc(C2(C3CCNCC3)C=Cc3cccc4cccc2c34)cc1. The predicted octanol–water partition coefficient (Wildman–Crippen LogP) is 5.81. The molecule has 1 nitrogen and oxygen atoms in total. The van der Waals surface area contributed by atoms with Gasteiger partial charge in [-0.2, -0.15) is 0 Å². The molecule has 3 aromatic carbocycles. The van der Waals surface area contributed by atoms with Crippen LogP contribution in [0.1, 0.15) is 29.5 Å². The zero-order valence-electron chi connectivity index (χ0n) is 14.7. The van der Waals surface area contributed by atoms with Crippen molar-refractivity contribution in [3.05, 3.63) is 88.5 Å². The molecule has 1 atom stereocenters. The molecule has 0 radical (unpaired) electrons. The second kappa shape index (κ2) is 6.26. The summed E-state index contributed by atoms with van der Waals surface area (Å²) < 4.78 is 0. The summed E-state index contributed by atoms with van der Waals surface area (Å²) in [5.74, 6) is 0.583. The Morgan fingerprint density at radius 2 is 1.62 bits per heavy atom. The van der Waals surface area contributed by atoms with Crippen molar-refractivity contribution in [1.82, 2.24) is 5.32 Å². The second-order valence-electron chi connectivity index (χ2n) is 7.48. The van der Waals surface area contributed by atoms with E-state index in [1.54, 1.807) is 0 Å². The maximum atomic E-state index is 6.22. The van der Waals surface area contributed by atoms with Crippen LogP contribution in [0.25, 0.3) is 16.8 Å². The number of hydrogen-bond acceptors (Lipinski definition) is 1. The molecule has 1 aliphatic heterocycles. The zero-order chi connectivity index (χ0) is 17.6. The summed E-state index contributed by atoms with van der Waals surface area (Å²) in [5.41, 5.74) is 4.05. The molecule has 2 aliphatic rings. The van der Waals surface area contributed by atoms with Crippen LogP contribution in [-0.4, -0.2) is 13.1 Å². The van der Waals surface area contributed by atoms with E-state index in [1.165, 1.54) is 40.3 Å². The number of piperidine rings is 1. The molecule has 0 saturated carbocycles. The highest BCUT2D eigenvalue weighted by Gasteiger charge is 2.42. The first-order valence-corrected chi connectivity index (χ1v) is 9.85. The summed E-state index contributed by atoms with van der Waals surface area (Å²) in [6.07, 6.45) is 7.17. The molecule has 26 heavy (non-hydrogen) atoms. The molecule has 1 unspecified atom stereocenters. The molecule has 1 fully saturated rings. The van der Waals surface area contributed by atoms with Crippen molar-refractivity contribution in [3.8, 4) is 0 Å². The molecular weight excluding hydrogens is 338 g/mol. The molecule has 1 heterocycles. The summed E-state index contributed by atoms with van der Waals surface area (Å²) in [5, 5.41) is 7.07. The topological polar surface area (TPSA) is 12.0 Å². The smallest absolute Gasteiger partial charge is 0.0420 e. The normalized spacial score (nSPS) is 22.7. The Labute approximate surface area is 159 Å². The van der Waals surface area contributed by atoms with Crippen molar-refractivity contribution in [2.24, 2.45) is 5.92 Å². The van der Waals surface area contributed by atoms with E-state index in [1.807, 2.05) is 12.1 Å². The van der Waals surface area contributed by atoms with Gasteiger partial charge in [0.25, 0.3) is 0 Å². The predicted molar refractivity (Wildman–Crippen MR) is 111 cm³/mol. The molecule has 3 aromatic rings. The molecule has 5 rings (SSSR count). The van der Waals surface area contributed by atoms with Crippen LogP contribution >= 0.6 is 11.6 Å². The molecule has 0 aromatic heterocycles. The van der Waals surface area contributed by atoms with Gasteiger partial charge in [0.05, 0.1) is 0 Å². The highest BCUT2D eigenvalue weighted by atomic mass is 35.5. The number of hydrogen-bond donors (Lipinski definition) is 1. The lowest BCUT2D eigenvalue weighted by Gasteiger charge is -2.44. The van der Waals surface area contributed by atoms with E-state index < -0.39 is 0 Å². The van der Waals surface area contributed by atoms with Gasteiger partial charge in [0.15, 0.2) is 0 Å². The fourth-order valence-electron chi connectivity index (χ4n) is 5.01. The Kier molecular flexibility index (Phi) is 3.88. The van der Waals surface area contributed by atoms with Gasteiger partial charge >= 0.3 is 0 Å². The lowest BCUT2D eigenvalue weighted by molar-refractivity contribution is 0.292. The highest BCUT2D eigenvalue weighted by molar-refractivity contribution is 6.30. The van der Waals surface area contributed by atoms with Gasteiger partial charge < -0.3 is 5.32 Å². The molecule has 0 spiro atoms. The number of benzene rings is 3. The van der Waals surface area contributed by atoms with Gasteiger partial charge in [-0.1, -0.05) is 72.3 Å². The van der Waals surface area contributed by atoms with Crippen LogP contribution in [0.15, 0.2) is 66.7 Å². The van der Waals surface area contributed by atoms with Gasteiger partial charge in [-0.05, 0) is 71.4 Å². The second-order valence-corrected chi connectivity index (χ2v) is 7.92. The van der Waals surface area contributed by atoms with Crippen molar-refractivity contribution in [3.63, 3.8) is 0 Å². The maximum Gasteiger partial charge on any atom is 0.0420 e. The Hall–Kier alpha value is -2.09. The largest absolute Gasteiger partial charge is 0.317 e. The zero-order valence-corrected chi connectivity index (χ0v) is 15.5. The standard InChI is InChI=1S/C24H22ClN/c25-21-9-7-19(8-10-21)24(20-12-15-26-16-13-20)14-11-18-4-1-3-17-5-2-6-22(24)23(17)18/h1-11,14,20,26H,12-13,15-16H2. The molecule has 1 saturated heterocycles. The summed E-state index contributed by atoms with van der Waals surface area (Å²) in [7, 11) is 0. The summed E-state index contributed by atoms with van der Waals surface area (Å²) in [6, 6.07) is 21.9. The lowest BCUT2D eigenvalue weighted by atomic mass is 9.60. The van der Waals surface area contributed by atoms with E-state index >= 15 is 0 Å². The van der Waals surface area contributed by atoms with Crippen LogP contribution in [0.5, 0.6) is 0 Å². The molecule has 1 N–H and O–H groups in total. The Balaban J connectivity index is 1.82. The van der Waals surface area contributed by atoms with E-state index in [0.29, 0.717) is 5.92 Å². The summed E-state index contributed by atoms with van der Waals surface area (Å²) in [6.45, 7) is 2.18. The number of halogens is 1. The molecular formula is C24H22ClN. The Morgan fingerprint density at radius 3 is 2.38 bits per heavy atom. The van der Waals surface area contributed by atoms with Crippen molar-refractivity contribution < 1.29 is 0 Å². The third kappa shape index (κ3) is 2.35. The molecule has 2 heteroatoms. The number of rotatable bonds is 2. The van der Waals surface area contributed by atoms with Crippen LogP contribution in [0.2, 0.25) is 5.02 Å². The van der Waals surface area contributed by atoms with Crippen molar-refractivity contribution in [2.75, 3.05) is 13.1 Å². The van der Waals surface area contributed by atoms with Crippen LogP contribution in [-0.2, 0) is 5.41 Å². The number of allylic oxidation sites excluding steroid dienone is 1. The van der Waals surface area contributed by atoms with Crippen molar-refractivity contribution in [2.45, 2.75) is 18.3 Å². The third-order valence-electron chi connectivity index (χ3n) is 6.21. The van der Waals surface area contributed by atoms with E-state index in [-0.39, 0.29) is 5.41 Å². The minimum absolute atomic E-state index is 0.0828. The number of nitrogens with one attached hydrogen (secondary N) is 1. The van der Waals surface area contributed by atoms with Crippen LogP contribution in [0.3, 0.4) is 0 Å². The molecule has 0 bridgehead atoms. The van der Waals surface area contributed by atoms with Gasteiger partial charge in [-0.25, -0.2) is 0 Å². The fourth-order valence-corrected chi connectivity index (χ4v) is 5.14. The molecule has 0 amide bonds. The molecule has 1 aliphatic carbocycles. The minimum atomic E-state index is -0.0828. The lowest BCUT2D eigenvalue weighted by Crippen LogP contribution is -2.42. The third-order valence-corrected chi connectivity index (χ3v) is 6.47. The van der Waals surface area contributed by atoms with Crippen LogP contribution < -0.4 is 5.32 Å². The fraction of sp³-hybridized carbons (Fsp3) is 0.250. The summed E-state index contributed by atoms with van der Waals surface area (Å²) in [4.78, 5) is 0. The van der Waals surface area contributed by atoms with Gasteiger partial charge in [-0.15, -0.1) is 0 Å². The minimum Gasteiger partial charge on any atom is -0.317 e. The maximum absolute atomic E-state index is 6.22.